The van der Waals surface area contributed by atoms with Crippen LogP contribution >= 0.6 is 27.3 Å². The minimum atomic E-state index is -0.0772. The number of hydrogen-bond donors (Lipinski definition) is 0. The minimum absolute atomic E-state index is 0.0772. The SMILES string of the molecule is CCN(CC)CCN(C(=O)c1ccc(Br)cc1)c1nc2c(OC)ccc(OC)c2s1. The molecular weight excluding hydrogens is 466 g/mol. The summed E-state index contributed by atoms with van der Waals surface area (Å²) in [5.41, 5.74) is 1.32. The number of likely N-dealkylation sites (N-methyl/N-ethyl adjacent to an activating group) is 1. The number of benzene rings is 2. The quantitative estimate of drug-likeness (QED) is 0.418. The maximum atomic E-state index is 13.4. The van der Waals surface area contributed by atoms with E-state index in [2.05, 4.69) is 34.7 Å². The van der Waals surface area contributed by atoms with Gasteiger partial charge in [-0.05, 0) is 49.5 Å². The number of methoxy groups -OCH3 is 2. The summed E-state index contributed by atoms with van der Waals surface area (Å²) in [6, 6.07) is 11.1. The smallest absolute Gasteiger partial charge is 0.260 e. The molecule has 1 aromatic heterocycles. The summed E-state index contributed by atoms with van der Waals surface area (Å²) in [6.07, 6.45) is 0. The number of rotatable bonds is 9. The van der Waals surface area contributed by atoms with Crippen LogP contribution in [0.3, 0.4) is 0 Å². The van der Waals surface area contributed by atoms with E-state index in [0.717, 1.165) is 28.8 Å². The van der Waals surface area contributed by atoms with Crippen molar-refractivity contribution in [1.82, 2.24) is 9.88 Å². The van der Waals surface area contributed by atoms with Gasteiger partial charge < -0.3 is 14.4 Å². The Kier molecular flexibility index (Phi) is 7.69. The number of thiazole rings is 1. The van der Waals surface area contributed by atoms with Crippen LogP contribution in [-0.4, -0.2) is 56.2 Å². The molecule has 8 heteroatoms. The van der Waals surface area contributed by atoms with E-state index in [4.69, 9.17) is 14.5 Å². The first-order valence-electron chi connectivity index (χ1n) is 9.83. The van der Waals surface area contributed by atoms with Crippen LogP contribution in [0, 0.1) is 0 Å². The molecule has 0 saturated heterocycles. The monoisotopic (exact) mass is 491 g/mol. The van der Waals surface area contributed by atoms with Crippen molar-refractivity contribution in [3.05, 3.63) is 46.4 Å². The van der Waals surface area contributed by atoms with Gasteiger partial charge in [0.1, 0.15) is 21.7 Å². The van der Waals surface area contributed by atoms with Crippen molar-refractivity contribution in [3.63, 3.8) is 0 Å². The molecule has 0 aliphatic carbocycles. The summed E-state index contributed by atoms with van der Waals surface area (Å²) in [4.78, 5) is 22.2. The number of amides is 1. The number of carbonyl (C=O) groups is 1. The molecule has 0 aliphatic rings. The lowest BCUT2D eigenvalue weighted by Gasteiger charge is -2.24. The highest BCUT2D eigenvalue weighted by atomic mass is 79.9. The van der Waals surface area contributed by atoms with E-state index in [1.54, 1.807) is 19.1 Å². The van der Waals surface area contributed by atoms with Crippen LogP contribution in [0.4, 0.5) is 5.13 Å². The van der Waals surface area contributed by atoms with Gasteiger partial charge in [0.15, 0.2) is 5.13 Å². The van der Waals surface area contributed by atoms with Crippen LogP contribution in [0.2, 0.25) is 0 Å². The molecule has 0 saturated carbocycles. The fourth-order valence-electron chi connectivity index (χ4n) is 3.20. The first-order valence-corrected chi connectivity index (χ1v) is 11.4. The zero-order valence-corrected chi connectivity index (χ0v) is 20.0. The van der Waals surface area contributed by atoms with E-state index in [-0.39, 0.29) is 5.91 Å². The van der Waals surface area contributed by atoms with Gasteiger partial charge >= 0.3 is 0 Å². The van der Waals surface area contributed by atoms with Gasteiger partial charge in [-0.15, -0.1) is 0 Å². The molecule has 0 bridgehead atoms. The molecule has 0 N–H and O–H groups in total. The number of halogens is 1. The summed E-state index contributed by atoms with van der Waals surface area (Å²) < 4.78 is 12.8. The number of ether oxygens (including phenoxy) is 2. The molecule has 0 aliphatic heterocycles. The molecule has 2 aromatic carbocycles. The van der Waals surface area contributed by atoms with E-state index in [0.29, 0.717) is 34.3 Å². The second-order valence-electron chi connectivity index (χ2n) is 6.63. The van der Waals surface area contributed by atoms with Crippen molar-refractivity contribution in [1.29, 1.82) is 0 Å². The Morgan fingerprint density at radius 2 is 1.63 bits per heavy atom. The number of nitrogens with zero attached hydrogens (tertiary/aromatic N) is 3. The van der Waals surface area contributed by atoms with Crippen LogP contribution in [-0.2, 0) is 0 Å². The average Bonchev–Trinajstić information content (AvgIpc) is 3.21. The number of hydrogen-bond acceptors (Lipinski definition) is 6. The molecule has 160 valence electrons. The van der Waals surface area contributed by atoms with Crippen molar-refractivity contribution < 1.29 is 14.3 Å². The molecule has 0 unspecified atom stereocenters. The predicted octanol–water partition coefficient (Wildman–Crippen LogP) is 5.06. The lowest BCUT2D eigenvalue weighted by Crippen LogP contribution is -2.38. The van der Waals surface area contributed by atoms with Crippen LogP contribution in [0.15, 0.2) is 40.9 Å². The van der Waals surface area contributed by atoms with Gasteiger partial charge in [-0.2, -0.15) is 0 Å². The summed E-state index contributed by atoms with van der Waals surface area (Å²) in [5, 5.41) is 0.632. The standard InChI is InChI=1S/C22H26BrN3O3S/c1-5-25(6-2)13-14-26(21(27)15-7-9-16(23)10-8-15)22-24-19-17(28-3)11-12-18(29-4)20(19)30-22/h7-12H,5-6,13-14H2,1-4H3. The molecular formula is C22H26BrN3O3S. The average molecular weight is 492 g/mol. The van der Waals surface area contributed by atoms with E-state index < -0.39 is 0 Å². The van der Waals surface area contributed by atoms with E-state index >= 15 is 0 Å². The van der Waals surface area contributed by atoms with Crippen LogP contribution in [0.1, 0.15) is 24.2 Å². The molecule has 0 fully saturated rings. The Hall–Kier alpha value is -2.16. The van der Waals surface area contributed by atoms with Gasteiger partial charge in [-0.1, -0.05) is 41.1 Å². The fraction of sp³-hybridized carbons (Fsp3) is 0.364. The Morgan fingerprint density at radius 3 is 2.23 bits per heavy atom. The van der Waals surface area contributed by atoms with Crippen molar-refractivity contribution >= 4 is 48.5 Å². The molecule has 6 nitrogen and oxygen atoms in total. The van der Waals surface area contributed by atoms with Gasteiger partial charge in [-0.25, -0.2) is 4.98 Å². The molecule has 1 amide bonds. The maximum absolute atomic E-state index is 13.4. The number of carbonyl (C=O) groups excluding carboxylic acids is 1. The highest BCUT2D eigenvalue weighted by Crippen LogP contribution is 2.40. The van der Waals surface area contributed by atoms with E-state index in [1.165, 1.54) is 11.3 Å². The summed E-state index contributed by atoms with van der Waals surface area (Å²) >= 11 is 4.87. The van der Waals surface area contributed by atoms with Crippen molar-refractivity contribution in [2.75, 3.05) is 45.3 Å². The van der Waals surface area contributed by atoms with Crippen LogP contribution in [0.5, 0.6) is 11.5 Å². The first-order chi connectivity index (χ1) is 14.5. The third-order valence-corrected chi connectivity index (χ3v) is 6.62. The zero-order chi connectivity index (χ0) is 21.7. The summed E-state index contributed by atoms with van der Waals surface area (Å²) in [5.74, 6) is 1.30. The molecule has 0 spiro atoms. The van der Waals surface area contributed by atoms with Crippen LogP contribution < -0.4 is 14.4 Å². The predicted molar refractivity (Wildman–Crippen MR) is 126 cm³/mol. The largest absolute Gasteiger partial charge is 0.495 e. The van der Waals surface area contributed by atoms with E-state index in [9.17, 15) is 4.79 Å². The zero-order valence-electron chi connectivity index (χ0n) is 17.6. The van der Waals surface area contributed by atoms with Crippen molar-refractivity contribution in [3.8, 4) is 11.5 Å². The molecule has 1 heterocycles. The second-order valence-corrected chi connectivity index (χ2v) is 8.53. The summed E-state index contributed by atoms with van der Waals surface area (Å²) in [6.45, 7) is 7.41. The van der Waals surface area contributed by atoms with Gasteiger partial charge in [0.2, 0.25) is 0 Å². The van der Waals surface area contributed by atoms with Gasteiger partial charge in [0.05, 0.1) is 14.2 Å². The molecule has 3 rings (SSSR count). The van der Waals surface area contributed by atoms with Crippen LogP contribution in [0.25, 0.3) is 10.2 Å². The highest BCUT2D eigenvalue weighted by Gasteiger charge is 2.24. The molecule has 0 atom stereocenters. The topological polar surface area (TPSA) is 54.9 Å². The lowest BCUT2D eigenvalue weighted by atomic mass is 10.2. The molecule has 0 radical (unpaired) electrons. The highest BCUT2D eigenvalue weighted by molar-refractivity contribution is 9.10. The second kappa shape index (κ2) is 10.2. The van der Waals surface area contributed by atoms with Crippen molar-refractivity contribution in [2.24, 2.45) is 0 Å². The van der Waals surface area contributed by atoms with Crippen molar-refractivity contribution in [2.45, 2.75) is 13.8 Å². The van der Waals surface area contributed by atoms with E-state index in [1.807, 2.05) is 36.4 Å². The Bertz CT molecular complexity index is 962. The number of fused-ring (bicyclic) bond motifs is 1. The summed E-state index contributed by atoms with van der Waals surface area (Å²) in [7, 11) is 3.25. The van der Waals surface area contributed by atoms with Gasteiger partial charge in [-0.3, -0.25) is 9.69 Å². The normalized spacial score (nSPS) is 11.1. The number of aromatic nitrogens is 1. The van der Waals surface area contributed by atoms with Gasteiger partial charge in [0, 0.05) is 23.1 Å². The lowest BCUT2D eigenvalue weighted by molar-refractivity contribution is 0.0983. The molecule has 30 heavy (non-hydrogen) atoms. The fourth-order valence-corrected chi connectivity index (χ4v) is 4.57. The Labute approximate surface area is 189 Å². The minimum Gasteiger partial charge on any atom is -0.495 e. The third-order valence-electron chi connectivity index (χ3n) is 5.00. The molecule has 3 aromatic rings. The first kappa shape index (κ1) is 22.5. The Morgan fingerprint density at radius 1 is 1.00 bits per heavy atom. The maximum Gasteiger partial charge on any atom is 0.260 e. The number of anilines is 1. The van der Waals surface area contributed by atoms with Gasteiger partial charge in [0.25, 0.3) is 5.91 Å². The third kappa shape index (κ3) is 4.77. The Balaban J connectivity index is 2.04.